The summed E-state index contributed by atoms with van der Waals surface area (Å²) in [7, 11) is 0. The first-order valence-corrected chi connectivity index (χ1v) is 10.3. The molecule has 5 aliphatic carbocycles. The van der Waals surface area contributed by atoms with Crippen molar-refractivity contribution in [1.29, 1.82) is 0 Å². The van der Waals surface area contributed by atoms with E-state index in [2.05, 4.69) is 6.92 Å². The van der Waals surface area contributed by atoms with E-state index in [0.29, 0.717) is 11.5 Å². The van der Waals surface area contributed by atoms with Gasteiger partial charge in [-0.3, -0.25) is 0 Å². The normalized spacial score (nSPS) is 42.7. The van der Waals surface area contributed by atoms with E-state index < -0.39 is 0 Å². The van der Waals surface area contributed by atoms with Gasteiger partial charge >= 0.3 is 0 Å². The monoisotopic (exact) mass is 304 g/mol. The minimum atomic E-state index is 0.500. The van der Waals surface area contributed by atoms with Gasteiger partial charge in [0.05, 0.1) is 6.10 Å². The molecule has 1 heteroatoms. The van der Waals surface area contributed by atoms with E-state index in [1.807, 2.05) is 0 Å². The molecule has 4 bridgehead atoms. The molecule has 0 heterocycles. The standard InChI is InChI=1S/C21H36O/c1-16(22-8-7-17-5-3-2-4-6-17)12-21-13-18-9-19(14-21)11-20(10-18)15-21/h16-20H,2-15H2,1H3. The van der Waals surface area contributed by atoms with Gasteiger partial charge < -0.3 is 4.74 Å². The molecular weight excluding hydrogens is 268 g/mol. The van der Waals surface area contributed by atoms with Crippen LogP contribution in [-0.4, -0.2) is 12.7 Å². The topological polar surface area (TPSA) is 9.23 Å². The van der Waals surface area contributed by atoms with Crippen molar-refractivity contribution < 1.29 is 4.74 Å². The molecule has 0 radical (unpaired) electrons. The summed E-state index contributed by atoms with van der Waals surface area (Å²) in [6, 6.07) is 0. The molecule has 0 aromatic carbocycles. The van der Waals surface area contributed by atoms with Crippen molar-refractivity contribution in [3.8, 4) is 0 Å². The van der Waals surface area contributed by atoms with Crippen LogP contribution in [0.5, 0.6) is 0 Å². The van der Waals surface area contributed by atoms with E-state index in [4.69, 9.17) is 4.74 Å². The second-order valence-corrected chi connectivity index (χ2v) is 9.60. The second kappa shape index (κ2) is 6.46. The van der Waals surface area contributed by atoms with Crippen LogP contribution in [0.15, 0.2) is 0 Å². The van der Waals surface area contributed by atoms with Crippen LogP contribution in [0.25, 0.3) is 0 Å². The van der Waals surface area contributed by atoms with Gasteiger partial charge in [-0.05, 0) is 87.4 Å². The van der Waals surface area contributed by atoms with Gasteiger partial charge in [0.1, 0.15) is 0 Å². The lowest BCUT2D eigenvalue weighted by atomic mass is 9.48. The third kappa shape index (κ3) is 3.40. The maximum Gasteiger partial charge on any atom is 0.0552 e. The Kier molecular flexibility index (Phi) is 4.55. The van der Waals surface area contributed by atoms with Gasteiger partial charge in [-0.1, -0.05) is 32.1 Å². The van der Waals surface area contributed by atoms with Crippen molar-refractivity contribution in [2.24, 2.45) is 29.1 Å². The van der Waals surface area contributed by atoms with Gasteiger partial charge in [0.15, 0.2) is 0 Å². The van der Waals surface area contributed by atoms with Gasteiger partial charge in [0, 0.05) is 6.61 Å². The highest BCUT2D eigenvalue weighted by atomic mass is 16.5. The van der Waals surface area contributed by atoms with E-state index in [1.165, 1.54) is 64.2 Å². The van der Waals surface area contributed by atoms with Crippen LogP contribution >= 0.6 is 0 Å². The molecule has 1 atom stereocenters. The average Bonchev–Trinajstić information content (AvgIpc) is 2.46. The fourth-order valence-electron chi connectivity index (χ4n) is 7.12. The minimum absolute atomic E-state index is 0.500. The predicted octanol–water partition coefficient (Wildman–Crippen LogP) is 5.97. The zero-order valence-electron chi connectivity index (χ0n) is 14.7. The van der Waals surface area contributed by atoms with E-state index in [9.17, 15) is 0 Å². The van der Waals surface area contributed by atoms with Crippen LogP contribution in [0.1, 0.15) is 90.4 Å². The van der Waals surface area contributed by atoms with E-state index in [-0.39, 0.29) is 0 Å². The van der Waals surface area contributed by atoms with Crippen LogP contribution in [0.4, 0.5) is 0 Å². The van der Waals surface area contributed by atoms with Crippen molar-refractivity contribution in [1.82, 2.24) is 0 Å². The second-order valence-electron chi connectivity index (χ2n) is 9.60. The van der Waals surface area contributed by atoms with Gasteiger partial charge in [-0.15, -0.1) is 0 Å². The highest BCUT2D eigenvalue weighted by Crippen LogP contribution is 2.61. The van der Waals surface area contributed by atoms with E-state index >= 15 is 0 Å². The molecule has 0 aromatic rings. The Bertz CT molecular complexity index is 333. The summed E-state index contributed by atoms with van der Waals surface area (Å²) in [4.78, 5) is 0. The molecule has 126 valence electrons. The first-order chi connectivity index (χ1) is 10.7. The lowest BCUT2D eigenvalue weighted by molar-refractivity contribution is -0.0847. The molecule has 0 amide bonds. The molecule has 5 fully saturated rings. The maximum atomic E-state index is 6.28. The Morgan fingerprint density at radius 3 is 2.09 bits per heavy atom. The largest absolute Gasteiger partial charge is 0.378 e. The molecule has 0 N–H and O–H groups in total. The SMILES string of the molecule is CC(CC12CC3CC(CC(C3)C1)C2)OCCC1CCCCC1. The first-order valence-electron chi connectivity index (χ1n) is 10.3. The van der Waals surface area contributed by atoms with Crippen molar-refractivity contribution >= 4 is 0 Å². The number of rotatable bonds is 6. The molecule has 5 aliphatic rings. The van der Waals surface area contributed by atoms with Crippen LogP contribution in [0.3, 0.4) is 0 Å². The molecule has 22 heavy (non-hydrogen) atoms. The van der Waals surface area contributed by atoms with Crippen molar-refractivity contribution in [3.05, 3.63) is 0 Å². The Hall–Kier alpha value is -0.0400. The lowest BCUT2D eigenvalue weighted by Crippen LogP contribution is -2.47. The fourth-order valence-corrected chi connectivity index (χ4v) is 7.12. The summed E-state index contributed by atoms with van der Waals surface area (Å²) >= 11 is 0. The minimum Gasteiger partial charge on any atom is -0.378 e. The Morgan fingerprint density at radius 2 is 1.50 bits per heavy atom. The molecule has 0 aromatic heterocycles. The van der Waals surface area contributed by atoms with Crippen LogP contribution in [0, 0.1) is 29.1 Å². The predicted molar refractivity (Wildman–Crippen MR) is 91.8 cm³/mol. The number of hydrogen-bond donors (Lipinski definition) is 0. The molecular formula is C21H36O. The smallest absolute Gasteiger partial charge is 0.0552 e. The first kappa shape index (κ1) is 15.5. The maximum absolute atomic E-state index is 6.28. The Morgan fingerprint density at radius 1 is 0.909 bits per heavy atom. The molecule has 0 spiro atoms. The molecule has 5 saturated carbocycles. The van der Waals surface area contributed by atoms with Gasteiger partial charge in [-0.25, -0.2) is 0 Å². The lowest BCUT2D eigenvalue weighted by Gasteiger charge is -2.57. The summed E-state index contributed by atoms with van der Waals surface area (Å²) in [5.74, 6) is 4.22. The fraction of sp³-hybridized carbons (Fsp3) is 1.00. The van der Waals surface area contributed by atoms with Crippen LogP contribution < -0.4 is 0 Å². The summed E-state index contributed by atoms with van der Waals surface area (Å²) in [5.41, 5.74) is 0.693. The van der Waals surface area contributed by atoms with Gasteiger partial charge in [0.25, 0.3) is 0 Å². The van der Waals surface area contributed by atoms with Crippen LogP contribution in [-0.2, 0) is 4.74 Å². The molecule has 5 rings (SSSR count). The zero-order valence-corrected chi connectivity index (χ0v) is 14.7. The quantitative estimate of drug-likeness (QED) is 0.587. The molecule has 1 unspecified atom stereocenters. The van der Waals surface area contributed by atoms with Gasteiger partial charge in [0.2, 0.25) is 0 Å². The third-order valence-corrected chi connectivity index (χ3v) is 7.54. The molecule has 0 saturated heterocycles. The Labute approximate surface area is 137 Å². The highest BCUT2D eigenvalue weighted by molar-refractivity contribution is 5.01. The molecule has 1 nitrogen and oxygen atoms in total. The van der Waals surface area contributed by atoms with E-state index in [1.54, 1.807) is 19.3 Å². The third-order valence-electron chi connectivity index (χ3n) is 7.54. The van der Waals surface area contributed by atoms with Gasteiger partial charge in [-0.2, -0.15) is 0 Å². The number of ether oxygens (including phenoxy) is 1. The van der Waals surface area contributed by atoms with Crippen LogP contribution in [0.2, 0.25) is 0 Å². The Balaban J connectivity index is 1.23. The molecule has 0 aliphatic heterocycles. The summed E-state index contributed by atoms with van der Waals surface area (Å²) in [6.07, 6.45) is 19.8. The van der Waals surface area contributed by atoms with E-state index in [0.717, 1.165) is 30.3 Å². The van der Waals surface area contributed by atoms with Crippen molar-refractivity contribution in [3.63, 3.8) is 0 Å². The summed E-state index contributed by atoms with van der Waals surface area (Å²) in [6.45, 7) is 3.39. The van der Waals surface area contributed by atoms with Crippen molar-refractivity contribution in [2.45, 2.75) is 96.5 Å². The summed E-state index contributed by atoms with van der Waals surface area (Å²) in [5, 5.41) is 0. The average molecular weight is 305 g/mol. The highest BCUT2D eigenvalue weighted by Gasteiger charge is 2.51. The summed E-state index contributed by atoms with van der Waals surface area (Å²) < 4.78 is 6.28. The number of hydrogen-bond acceptors (Lipinski definition) is 1. The van der Waals surface area contributed by atoms with Crippen molar-refractivity contribution in [2.75, 3.05) is 6.61 Å². The zero-order chi connectivity index (χ0) is 15.0.